The second-order valence-corrected chi connectivity index (χ2v) is 7.54. The Morgan fingerprint density at radius 3 is 2.70 bits per heavy atom. The lowest BCUT2D eigenvalue weighted by Crippen LogP contribution is -2.38. The maximum Gasteiger partial charge on any atom is 0.256 e. The number of anilines is 1. The molecule has 1 aliphatic rings. The number of likely N-dealkylation sites (N-methyl/N-ethyl adjacent to an activating group) is 1. The van der Waals surface area contributed by atoms with Crippen molar-refractivity contribution in [3.05, 3.63) is 51.9 Å². The van der Waals surface area contributed by atoms with Gasteiger partial charge in [-0.2, -0.15) is 0 Å². The topological polar surface area (TPSA) is 70.2 Å². The van der Waals surface area contributed by atoms with Crippen LogP contribution in [-0.4, -0.2) is 30.9 Å². The molecule has 3 N–H and O–H groups in total. The molecular formula is C20H26ClN3O2S. The van der Waals surface area contributed by atoms with Gasteiger partial charge >= 0.3 is 0 Å². The fourth-order valence-corrected chi connectivity index (χ4v) is 4.01. The summed E-state index contributed by atoms with van der Waals surface area (Å²) in [5.41, 5.74) is 3.76. The third-order valence-corrected chi connectivity index (χ3v) is 5.45. The maximum absolute atomic E-state index is 12.6. The highest BCUT2D eigenvalue weighted by molar-refractivity contribution is 7.14. The quantitative estimate of drug-likeness (QED) is 0.656. The van der Waals surface area contributed by atoms with E-state index >= 15 is 0 Å². The number of carbonyl (C=O) groups excluding carboxylic acids is 2. The lowest BCUT2D eigenvalue weighted by molar-refractivity contribution is 0.0951. The van der Waals surface area contributed by atoms with E-state index in [0.717, 1.165) is 25.8 Å². The first kappa shape index (κ1) is 21.4. The van der Waals surface area contributed by atoms with Gasteiger partial charge in [-0.15, -0.1) is 23.7 Å². The van der Waals surface area contributed by atoms with Gasteiger partial charge in [-0.3, -0.25) is 9.59 Å². The van der Waals surface area contributed by atoms with Crippen molar-refractivity contribution in [3.8, 4) is 0 Å². The Bertz CT molecular complexity index is 806. The van der Waals surface area contributed by atoms with Gasteiger partial charge in [0.1, 0.15) is 5.00 Å². The fourth-order valence-electron chi connectivity index (χ4n) is 3.23. The van der Waals surface area contributed by atoms with Crippen LogP contribution < -0.4 is 16.0 Å². The smallest absolute Gasteiger partial charge is 0.256 e. The lowest BCUT2D eigenvalue weighted by atomic mass is 10.1. The van der Waals surface area contributed by atoms with E-state index in [1.54, 1.807) is 6.07 Å². The molecule has 0 aliphatic heterocycles. The van der Waals surface area contributed by atoms with Crippen molar-refractivity contribution in [2.24, 2.45) is 0 Å². The third-order valence-electron chi connectivity index (χ3n) is 4.62. The van der Waals surface area contributed by atoms with Crippen LogP contribution in [0.5, 0.6) is 0 Å². The van der Waals surface area contributed by atoms with Gasteiger partial charge in [0, 0.05) is 18.2 Å². The van der Waals surface area contributed by atoms with Gasteiger partial charge in [-0.1, -0.05) is 13.0 Å². The van der Waals surface area contributed by atoms with Crippen LogP contribution in [0, 0.1) is 0 Å². The van der Waals surface area contributed by atoms with Crippen LogP contribution >= 0.6 is 23.7 Å². The first-order valence-electron chi connectivity index (χ1n) is 9.10. The van der Waals surface area contributed by atoms with Crippen molar-refractivity contribution in [2.75, 3.05) is 18.4 Å². The minimum Gasteiger partial charge on any atom is -0.350 e. The minimum absolute atomic E-state index is 0. The third kappa shape index (κ3) is 5.31. The molecule has 27 heavy (non-hydrogen) atoms. The van der Waals surface area contributed by atoms with Gasteiger partial charge < -0.3 is 16.0 Å². The Morgan fingerprint density at radius 2 is 1.93 bits per heavy atom. The van der Waals surface area contributed by atoms with E-state index in [4.69, 9.17) is 0 Å². The molecule has 1 atom stereocenters. The molecule has 0 radical (unpaired) electrons. The molecule has 146 valence electrons. The molecule has 0 spiro atoms. The Labute approximate surface area is 170 Å². The maximum atomic E-state index is 12.6. The van der Waals surface area contributed by atoms with Gasteiger partial charge in [0.25, 0.3) is 11.8 Å². The van der Waals surface area contributed by atoms with Gasteiger partial charge in [0.05, 0.1) is 5.56 Å². The zero-order chi connectivity index (χ0) is 18.5. The van der Waals surface area contributed by atoms with Crippen molar-refractivity contribution in [3.63, 3.8) is 0 Å². The predicted molar refractivity (Wildman–Crippen MR) is 113 cm³/mol. The molecule has 2 amide bonds. The zero-order valence-electron chi connectivity index (χ0n) is 15.6. The van der Waals surface area contributed by atoms with E-state index in [-0.39, 0.29) is 30.3 Å². The summed E-state index contributed by atoms with van der Waals surface area (Å²) in [5, 5.41) is 11.5. The average Bonchev–Trinajstić information content (AvgIpc) is 3.28. The predicted octanol–water partition coefficient (Wildman–Crippen LogP) is 3.64. The molecule has 7 heteroatoms. The summed E-state index contributed by atoms with van der Waals surface area (Å²) < 4.78 is 0. The molecule has 1 heterocycles. The Hall–Kier alpha value is -1.89. The summed E-state index contributed by atoms with van der Waals surface area (Å²) in [6.07, 6.45) is 3.28. The molecule has 0 saturated carbocycles. The van der Waals surface area contributed by atoms with Gasteiger partial charge in [0.15, 0.2) is 0 Å². The van der Waals surface area contributed by atoms with E-state index < -0.39 is 0 Å². The number of thiophene rings is 1. The molecule has 0 fully saturated rings. The monoisotopic (exact) mass is 407 g/mol. The molecule has 1 aromatic carbocycles. The van der Waals surface area contributed by atoms with Crippen molar-refractivity contribution >= 4 is 40.6 Å². The number of nitrogens with one attached hydrogen (secondary N) is 3. The standard InChI is InChI=1S/C20H25N3O2S.ClH/c1-3-21-13(2)12-22-19(25)17-9-10-26-20(17)23-18(24)16-8-7-14-5-4-6-15(14)11-16;/h7-11,13,21H,3-6,12H2,1-2H3,(H,22,25)(H,23,24);1H/t13-;/m1./s1. The highest BCUT2D eigenvalue weighted by Crippen LogP contribution is 2.26. The molecule has 1 aromatic heterocycles. The summed E-state index contributed by atoms with van der Waals surface area (Å²) in [6.45, 7) is 5.45. The Kier molecular flexibility index (Phi) is 7.83. The van der Waals surface area contributed by atoms with E-state index in [0.29, 0.717) is 22.7 Å². The van der Waals surface area contributed by atoms with E-state index in [2.05, 4.69) is 16.0 Å². The number of carbonyl (C=O) groups is 2. The average molecular weight is 408 g/mol. The van der Waals surface area contributed by atoms with E-state index in [9.17, 15) is 9.59 Å². The Morgan fingerprint density at radius 1 is 1.15 bits per heavy atom. The van der Waals surface area contributed by atoms with Gasteiger partial charge in [0.2, 0.25) is 0 Å². The molecule has 0 unspecified atom stereocenters. The molecule has 1 aliphatic carbocycles. The van der Waals surface area contributed by atoms with E-state index in [1.807, 2.05) is 37.4 Å². The first-order chi connectivity index (χ1) is 12.6. The second kappa shape index (κ2) is 9.88. The van der Waals surface area contributed by atoms with Crippen LogP contribution in [0.3, 0.4) is 0 Å². The van der Waals surface area contributed by atoms with Crippen LogP contribution in [0.1, 0.15) is 52.1 Å². The summed E-state index contributed by atoms with van der Waals surface area (Å²) in [4.78, 5) is 25.0. The van der Waals surface area contributed by atoms with Crippen molar-refractivity contribution in [1.29, 1.82) is 0 Å². The van der Waals surface area contributed by atoms with Crippen LogP contribution in [-0.2, 0) is 12.8 Å². The largest absolute Gasteiger partial charge is 0.350 e. The lowest BCUT2D eigenvalue weighted by Gasteiger charge is -2.13. The molecule has 0 saturated heterocycles. The number of aryl methyl sites for hydroxylation is 2. The molecule has 3 rings (SSSR count). The number of rotatable bonds is 7. The number of benzene rings is 1. The highest BCUT2D eigenvalue weighted by atomic mass is 35.5. The molecule has 2 aromatic rings. The molecule has 5 nitrogen and oxygen atoms in total. The van der Waals surface area contributed by atoms with Crippen LogP contribution in [0.4, 0.5) is 5.00 Å². The first-order valence-corrected chi connectivity index (χ1v) is 9.98. The number of amides is 2. The SMILES string of the molecule is CCN[C@H](C)CNC(=O)c1ccsc1NC(=O)c1ccc2c(c1)CCC2.Cl. The number of hydrogen-bond donors (Lipinski definition) is 3. The van der Waals surface area contributed by atoms with Gasteiger partial charge in [-0.25, -0.2) is 0 Å². The molecular weight excluding hydrogens is 382 g/mol. The summed E-state index contributed by atoms with van der Waals surface area (Å²) in [6, 6.07) is 7.83. The van der Waals surface area contributed by atoms with Crippen LogP contribution in [0.25, 0.3) is 0 Å². The summed E-state index contributed by atoms with van der Waals surface area (Å²) >= 11 is 1.36. The minimum atomic E-state index is -0.169. The number of fused-ring (bicyclic) bond motifs is 1. The van der Waals surface area contributed by atoms with Gasteiger partial charge in [-0.05, 0) is 67.4 Å². The number of hydrogen-bond acceptors (Lipinski definition) is 4. The number of halogens is 1. The summed E-state index contributed by atoms with van der Waals surface area (Å²) in [5.74, 6) is -0.336. The zero-order valence-corrected chi connectivity index (χ0v) is 17.3. The second-order valence-electron chi connectivity index (χ2n) is 6.62. The van der Waals surface area contributed by atoms with Crippen molar-refractivity contribution in [1.82, 2.24) is 10.6 Å². The van der Waals surface area contributed by atoms with Crippen molar-refractivity contribution < 1.29 is 9.59 Å². The highest BCUT2D eigenvalue weighted by Gasteiger charge is 2.18. The normalized spacial score (nSPS) is 13.4. The fraction of sp³-hybridized carbons (Fsp3) is 0.400. The van der Waals surface area contributed by atoms with Crippen LogP contribution in [0.2, 0.25) is 0 Å². The Balaban J connectivity index is 0.00000261. The van der Waals surface area contributed by atoms with Crippen LogP contribution in [0.15, 0.2) is 29.6 Å². The van der Waals surface area contributed by atoms with Crippen molar-refractivity contribution in [2.45, 2.75) is 39.2 Å². The summed E-state index contributed by atoms with van der Waals surface area (Å²) in [7, 11) is 0. The van der Waals surface area contributed by atoms with E-state index in [1.165, 1.54) is 22.5 Å². The molecule has 0 bridgehead atoms.